The van der Waals surface area contributed by atoms with Gasteiger partial charge in [-0.15, -0.1) is 24.0 Å². The average molecular weight is 526 g/mol. The van der Waals surface area contributed by atoms with Crippen molar-refractivity contribution in [2.24, 2.45) is 10.9 Å². The minimum atomic E-state index is 0. The van der Waals surface area contributed by atoms with Crippen LogP contribution in [0.4, 0.5) is 5.69 Å². The number of halogens is 1. The number of nitrogens with zero attached hydrogens (tertiary/aromatic N) is 5. The molecule has 0 aliphatic carbocycles. The number of aryl methyl sites for hydroxylation is 2. The highest BCUT2D eigenvalue weighted by molar-refractivity contribution is 14.0. The van der Waals surface area contributed by atoms with Crippen molar-refractivity contribution in [3.63, 3.8) is 0 Å². The van der Waals surface area contributed by atoms with Crippen LogP contribution in [0.3, 0.4) is 0 Å². The Morgan fingerprint density at radius 2 is 1.93 bits per heavy atom. The molecule has 3 rings (SSSR count). The Balaban J connectivity index is 0.00000320. The van der Waals surface area contributed by atoms with Crippen LogP contribution >= 0.6 is 24.0 Å². The maximum absolute atomic E-state index is 5.36. The first-order valence-corrected chi connectivity index (χ1v) is 10.4. The average Bonchev–Trinajstić information content (AvgIpc) is 3.05. The summed E-state index contributed by atoms with van der Waals surface area (Å²) in [6, 6.07) is 10.4. The third-order valence-electron chi connectivity index (χ3n) is 5.41. The molecule has 1 unspecified atom stereocenters. The Labute approximate surface area is 197 Å². The van der Waals surface area contributed by atoms with Crippen LogP contribution in [-0.2, 0) is 6.54 Å². The van der Waals surface area contributed by atoms with Gasteiger partial charge in [-0.2, -0.15) is 5.10 Å². The molecule has 2 aromatic rings. The second kappa shape index (κ2) is 11.4. The third kappa shape index (κ3) is 6.26. The molecule has 0 bridgehead atoms. The molecule has 166 valence electrons. The fourth-order valence-electron chi connectivity index (χ4n) is 3.80. The molecule has 1 aromatic carbocycles. The molecular formula is C22H35IN6O. The molecule has 0 radical (unpaired) electrons. The standard InChI is InChI=1S/C22H34N6O.HI/c1-17(16-28-19(3)13-18(2)25-28)15-24-22(23-4)27-11-9-26(10-12-27)20-7-6-8-21(14-20)29-5;/h6-8,13-14,17H,9-12,15-16H2,1-5H3,(H,23,24);1H. The number of aliphatic imine (C=N–C) groups is 1. The predicted octanol–water partition coefficient (Wildman–Crippen LogP) is 3.16. The molecular weight excluding hydrogens is 491 g/mol. The molecule has 8 heteroatoms. The van der Waals surface area contributed by atoms with Gasteiger partial charge in [0.25, 0.3) is 0 Å². The molecule has 1 atom stereocenters. The van der Waals surface area contributed by atoms with E-state index >= 15 is 0 Å². The van der Waals surface area contributed by atoms with Crippen LogP contribution in [0.5, 0.6) is 5.75 Å². The van der Waals surface area contributed by atoms with Gasteiger partial charge < -0.3 is 19.9 Å². The largest absolute Gasteiger partial charge is 0.497 e. The molecule has 1 aliphatic heterocycles. The maximum atomic E-state index is 5.36. The number of benzene rings is 1. The van der Waals surface area contributed by atoms with Crippen LogP contribution in [-0.4, -0.2) is 67.5 Å². The molecule has 0 spiro atoms. The van der Waals surface area contributed by atoms with E-state index in [-0.39, 0.29) is 24.0 Å². The van der Waals surface area contributed by atoms with Crippen molar-refractivity contribution >= 4 is 35.6 Å². The topological polar surface area (TPSA) is 57.9 Å². The first-order chi connectivity index (χ1) is 14.0. The molecule has 7 nitrogen and oxygen atoms in total. The highest BCUT2D eigenvalue weighted by Gasteiger charge is 2.20. The van der Waals surface area contributed by atoms with Gasteiger partial charge in [0.15, 0.2) is 5.96 Å². The number of rotatable bonds is 6. The van der Waals surface area contributed by atoms with Crippen molar-refractivity contribution in [2.75, 3.05) is 51.8 Å². The lowest BCUT2D eigenvalue weighted by Gasteiger charge is -2.38. The molecule has 1 fully saturated rings. The van der Waals surface area contributed by atoms with Crippen molar-refractivity contribution in [3.8, 4) is 5.75 Å². The number of methoxy groups -OCH3 is 1. The summed E-state index contributed by atoms with van der Waals surface area (Å²) in [6.07, 6.45) is 0. The molecule has 0 amide bonds. The Morgan fingerprint density at radius 1 is 1.20 bits per heavy atom. The summed E-state index contributed by atoms with van der Waals surface area (Å²) in [4.78, 5) is 9.25. The van der Waals surface area contributed by atoms with Crippen molar-refractivity contribution in [1.82, 2.24) is 20.0 Å². The van der Waals surface area contributed by atoms with E-state index in [1.807, 2.05) is 26.1 Å². The fraction of sp³-hybridized carbons (Fsp3) is 0.545. The van der Waals surface area contributed by atoms with Crippen molar-refractivity contribution in [2.45, 2.75) is 27.3 Å². The van der Waals surface area contributed by atoms with E-state index in [1.165, 1.54) is 11.4 Å². The van der Waals surface area contributed by atoms with Gasteiger partial charge in [0, 0.05) is 63.8 Å². The molecule has 1 aliphatic rings. The van der Waals surface area contributed by atoms with E-state index < -0.39 is 0 Å². The number of hydrogen-bond acceptors (Lipinski definition) is 4. The zero-order valence-electron chi connectivity index (χ0n) is 18.8. The van der Waals surface area contributed by atoms with Crippen LogP contribution in [0, 0.1) is 19.8 Å². The van der Waals surface area contributed by atoms with E-state index in [9.17, 15) is 0 Å². The summed E-state index contributed by atoms with van der Waals surface area (Å²) in [5, 5.41) is 8.13. The van der Waals surface area contributed by atoms with Crippen LogP contribution in [0.1, 0.15) is 18.3 Å². The van der Waals surface area contributed by atoms with Crippen LogP contribution in [0.15, 0.2) is 35.3 Å². The summed E-state index contributed by atoms with van der Waals surface area (Å²) in [7, 11) is 3.57. The van der Waals surface area contributed by atoms with Gasteiger partial charge in [0.05, 0.1) is 12.8 Å². The Bertz CT molecular complexity index is 829. The highest BCUT2D eigenvalue weighted by atomic mass is 127. The molecule has 1 saturated heterocycles. The van der Waals surface area contributed by atoms with Gasteiger partial charge in [0.1, 0.15) is 5.75 Å². The number of piperazine rings is 1. The van der Waals surface area contributed by atoms with Gasteiger partial charge in [-0.25, -0.2) is 0 Å². The number of guanidine groups is 1. The summed E-state index contributed by atoms with van der Waals surface area (Å²) in [6.45, 7) is 12.0. The Hall–Kier alpha value is -1.97. The summed E-state index contributed by atoms with van der Waals surface area (Å²) < 4.78 is 7.45. The van der Waals surface area contributed by atoms with Crippen LogP contribution in [0.2, 0.25) is 0 Å². The number of aromatic nitrogens is 2. The maximum Gasteiger partial charge on any atom is 0.193 e. The van der Waals surface area contributed by atoms with Gasteiger partial charge in [0.2, 0.25) is 0 Å². The smallest absolute Gasteiger partial charge is 0.193 e. The van der Waals surface area contributed by atoms with Gasteiger partial charge in [-0.3, -0.25) is 9.67 Å². The first kappa shape index (κ1) is 24.3. The minimum Gasteiger partial charge on any atom is -0.497 e. The molecule has 1 aromatic heterocycles. The Morgan fingerprint density at radius 3 is 2.53 bits per heavy atom. The van der Waals surface area contributed by atoms with E-state index in [2.05, 4.69) is 61.9 Å². The zero-order chi connectivity index (χ0) is 20.8. The summed E-state index contributed by atoms with van der Waals surface area (Å²) in [5.74, 6) is 2.34. The van der Waals surface area contributed by atoms with Crippen LogP contribution < -0.4 is 15.0 Å². The van der Waals surface area contributed by atoms with Gasteiger partial charge in [-0.05, 0) is 38.0 Å². The zero-order valence-corrected chi connectivity index (χ0v) is 21.1. The number of ether oxygens (including phenoxy) is 1. The molecule has 1 N–H and O–H groups in total. The minimum absolute atomic E-state index is 0. The lowest BCUT2D eigenvalue weighted by molar-refractivity contribution is 0.363. The van der Waals surface area contributed by atoms with E-state index in [0.29, 0.717) is 5.92 Å². The third-order valence-corrected chi connectivity index (χ3v) is 5.41. The number of anilines is 1. The normalized spacial score (nSPS) is 15.6. The second-order valence-corrected chi connectivity index (χ2v) is 7.82. The van der Waals surface area contributed by atoms with Crippen molar-refractivity contribution in [3.05, 3.63) is 41.7 Å². The number of hydrogen-bond donors (Lipinski definition) is 1. The monoisotopic (exact) mass is 526 g/mol. The van der Waals surface area contributed by atoms with Gasteiger partial charge in [-0.1, -0.05) is 13.0 Å². The second-order valence-electron chi connectivity index (χ2n) is 7.82. The van der Waals surface area contributed by atoms with E-state index in [1.54, 1.807) is 7.11 Å². The van der Waals surface area contributed by atoms with Crippen molar-refractivity contribution in [1.29, 1.82) is 0 Å². The highest BCUT2D eigenvalue weighted by Crippen LogP contribution is 2.22. The summed E-state index contributed by atoms with van der Waals surface area (Å²) >= 11 is 0. The molecule has 30 heavy (non-hydrogen) atoms. The SMILES string of the molecule is CN=C(NCC(C)Cn1nc(C)cc1C)N1CCN(c2cccc(OC)c2)CC1.I. The van der Waals surface area contributed by atoms with Crippen LogP contribution in [0.25, 0.3) is 0 Å². The molecule has 2 heterocycles. The fourth-order valence-corrected chi connectivity index (χ4v) is 3.80. The lowest BCUT2D eigenvalue weighted by Crippen LogP contribution is -2.53. The first-order valence-electron chi connectivity index (χ1n) is 10.4. The van der Waals surface area contributed by atoms with Gasteiger partial charge >= 0.3 is 0 Å². The van der Waals surface area contributed by atoms with E-state index in [0.717, 1.165) is 56.7 Å². The summed E-state index contributed by atoms with van der Waals surface area (Å²) in [5.41, 5.74) is 3.50. The predicted molar refractivity (Wildman–Crippen MR) is 134 cm³/mol. The Kier molecular flexibility index (Phi) is 9.26. The molecule has 0 saturated carbocycles. The van der Waals surface area contributed by atoms with E-state index in [4.69, 9.17) is 4.74 Å². The van der Waals surface area contributed by atoms with Crippen molar-refractivity contribution < 1.29 is 4.74 Å². The quantitative estimate of drug-likeness (QED) is 0.356. The lowest BCUT2D eigenvalue weighted by atomic mass is 10.2. The number of nitrogens with one attached hydrogen (secondary N) is 1.